The highest BCUT2D eigenvalue weighted by atomic mass is 32.1. The highest BCUT2D eigenvalue weighted by molar-refractivity contribution is 7.09. The predicted octanol–water partition coefficient (Wildman–Crippen LogP) is 6.01. The minimum absolute atomic E-state index is 0.0254. The van der Waals surface area contributed by atoms with E-state index in [4.69, 9.17) is 14.2 Å². The molecule has 4 amide bonds. The fourth-order valence-electron chi connectivity index (χ4n) is 7.23. The monoisotopic (exact) mass is 757 g/mol. The molecule has 2 N–H and O–H groups in total. The molecule has 1 aliphatic rings. The molecule has 0 saturated carbocycles. The van der Waals surface area contributed by atoms with Crippen molar-refractivity contribution in [3.8, 4) is 0 Å². The van der Waals surface area contributed by atoms with Crippen LogP contribution in [-0.2, 0) is 35.0 Å². The lowest BCUT2D eigenvalue weighted by Gasteiger charge is -2.40. The van der Waals surface area contributed by atoms with Crippen LogP contribution in [0.4, 0.5) is 4.79 Å². The molecule has 0 spiro atoms. The van der Waals surface area contributed by atoms with Crippen LogP contribution in [-0.4, -0.2) is 102 Å². The Morgan fingerprint density at radius 3 is 2.26 bits per heavy atom. The van der Waals surface area contributed by atoms with E-state index in [1.807, 2.05) is 75.2 Å². The molecule has 0 aliphatic carbocycles. The lowest BCUT2D eigenvalue weighted by molar-refractivity contribution is -0.147. The molecular formula is C40H63N5O7S. The number of hydrogen-bond donors (Lipinski definition) is 2. The second-order valence-corrected chi connectivity index (χ2v) is 16.5. The first kappa shape index (κ1) is 43.9. The van der Waals surface area contributed by atoms with Crippen molar-refractivity contribution in [2.45, 2.75) is 129 Å². The number of rotatable bonds is 18. The van der Waals surface area contributed by atoms with E-state index in [9.17, 15) is 19.2 Å². The van der Waals surface area contributed by atoms with Crippen molar-refractivity contribution in [3.05, 3.63) is 52.5 Å². The Balaban J connectivity index is 1.77. The predicted molar refractivity (Wildman–Crippen MR) is 207 cm³/mol. The van der Waals surface area contributed by atoms with Gasteiger partial charge in [0, 0.05) is 39.4 Å². The molecule has 2 aromatic rings. The van der Waals surface area contributed by atoms with Gasteiger partial charge in [-0.05, 0) is 57.4 Å². The van der Waals surface area contributed by atoms with E-state index in [0.29, 0.717) is 19.4 Å². The van der Waals surface area contributed by atoms with E-state index in [0.717, 1.165) is 23.4 Å². The van der Waals surface area contributed by atoms with Crippen molar-refractivity contribution >= 4 is 35.2 Å². The zero-order chi connectivity index (χ0) is 39.5. The molecule has 1 aromatic carbocycles. The number of benzene rings is 1. The fourth-order valence-corrected chi connectivity index (χ4v) is 7.92. The molecule has 1 aromatic heterocycles. The fraction of sp³-hybridized carbons (Fsp3) is 0.675. The van der Waals surface area contributed by atoms with Crippen LogP contribution in [0.2, 0.25) is 0 Å². The summed E-state index contributed by atoms with van der Waals surface area (Å²) in [5, 5.41) is 8.72. The lowest BCUT2D eigenvalue weighted by atomic mass is 9.89. The Hall–Kier alpha value is -3.55. The summed E-state index contributed by atoms with van der Waals surface area (Å²) in [5.41, 5.74) is 0.371. The van der Waals surface area contributed by atoms with Crippen LogP contribution in [0.15, 0.2) is 41.9 Å². The van der Waals surface area contributed by atoms with E-state index < -0.39 is 41.9 Å². The molecule has 296 valence electrons. The van der Waals surface area contributed by atoms with Gasteiger partial charge < -0.3 is 34.6 Å². The second-order valence-electron chi connectivity index (χ2n) is 15.6. The Bertz CT molecular complexity index is 1450. The molecule has 8 unspecified atom stereocenters. The van der Waals surface area contributed by atoms with Crippen molar-refractivity contribution in [2.24, 2.45) is 17.8 Å². The highest BCUT2D eigenvalue weighted by Crippen LogP contribution is 2.30. The van der Waals surface area contributed by atoms with E-state index >= 15 is 0 Å². The van der Waals surface area contributed by atoms with Crippen molar-refractivity contribution in [3.63, 3.8) is 0 Å². The first-order valence-corrected chi connectivity index (χ1v) is 19.8. The van der Waals surface area contributed by atoms with Gasteiger partial charge >= 0.3 is 6.09 Å². The van der Waals surface area contributed by atoms with E-state index in [-0.39, 0.29) is 48.1 Å². The number of alkyl carbamates (subject to hydrolysis) is 1. The van der Waals surface area contributed by atoms with Crippen LogP contribution >= 0.6 is 11.3 Å². The number of methoxy groups -OCH3 is 2. The zero-order valence-corrected chi connectivity index (χ0v) is 34.4. The van der Waals surface area contributed by atoms with Gasteiger partial charge in [-0.3, -0.25) is 14.4 Å². The molecule has 1 saturated heterocycles. The van der Waals surface area contributed by atoms with Crippen LogP contribution in [0.25, 0.3) is 0 Å². The number of hydrogen-bond acceptors (Lipinski definition) is 9. The summed E-state index contributed by atoms with van der Waals surface area (Å²) >= 11 is 1.50. The first-order chi connectivity index (χ1) is 25.0. The number of likely N-dealkylation sites (tertiary alicyclic amines) is 1. The van der Waals surface area contributed by atoms with Crippen molar-refractivity contribution in [1.29, 1.82) is 0 Å². The third kappa shape index (κ3) is 12.2. The largest absolute Gasteiger partial charge is 0.444 e. The number of thiazole rings is 1. The molecule has 2 heterocycles. The van der Waals surface area contributed by atoms with Crippen molar-refractivity contribution < 1.29 is 33.4 Å². The maximum absolute atomic E-state index is 14.2. The minimum atomic E-state index is -0.837. The van der Waals surface area contributed by atoms with Gasteiger partial charge in [0.2, 0.25) is 17.7 Å². The molecule has 1 fully saturated rings. The summed E-state index contributed by atoms with van der Waals surface area (Å²) in [4.78, 5) is 62.7. The number of likely N-dealkylation sites (N-methyl/N-ethyl adjacent to an activating group) is 1. The minimum Gasteiger partial charge on any atom is -0.444 e. The standard InChI is InChI=1S/C40H63N5O7S/c1-12-26(4)34(44(9)38(48)33(25(2)3)43-39(49)52-40(6,7)8)31(50-10)24-32(46)45-21-16-19-30(45)35(51-11)27(5)36(47)42-29(37-41-20-22-53-37)23-28-17-14-13-15-18-28/h13-15,17-18,20,22,25-27,29-31,33-35H,12,16,19,21,23-24H2,1-11H3,(H,42,47)(H,43,49). The average Bonchev–Trinajstić information content (AvgIpc) is 3.83. The van der Waals surface area contributed by atoms with Gasteiger partial charge in [-0.25, -0.2) is 9.78 Å². The molecule has 3 rings (SSSR count). The van der Waals surface area contributed by atoms with E-state index in [1.165, 1.54) is 11.3 Å². The van der Waals surface area contributed by atoms with Crippen LogP contribution < -0.4 is 10.6 Å². The highest BCUT2D eigenvalue weighted by Gasteiger charge is 2.43. The third-order valence-corrected chi connectivity index (χ3v) is 11.1. The summed E-state index contributed by atoms with van der Waals surface area (Å²) in [6.07, 6.45) is 2.74. The Morgan fingerprint density at radius 2 is 1.72 bits per heavy atom. The Morgan fingerprint density at radius 1 is 1.04 bits per heavy atom. The first-order valence-electron chi connectivity index (χ1n) is 18.9. The quantitative estimate of drug-likeness (QED) is 0.189. The van der Waals surface area contributed by atoms with Gasteiger partial charge in [0.15, 0.2) is 0 Å². The summed E-state index contributed by atoms with van der Waals surface area (Å²) in [6.45, 7) is 15.5. The van der Waals surface area contributed by atoms with E-state index in [2.05, 4.69) is 15.6 Å². The van der Waals surface area contributed by atoms with Gasteiger partial charge in [-0.15, -0.1) is 11.3 Å². The lowest BCUT2D eigenvalue weighted by Crippen LogP contribution is -2.58. The normalized spacial score (nSPS) is 18.7. The number of nitrogens with one attached hydrogen (secondary N) is 2. The maximum Gasteiger partial charge on any atom is 0.408 e. The topological polar surface area (TPSA) is 139 Å². The number of carbonyl (C=O) groups excluding carboxylic acids is 4. The van der Waals surface area contributed by atoms with Crippen LogP contribution in [0.3, 0.4) is 0 Å². The smallest absolute Gasteiger partial charge is 0.408 e. The van der Waals surface area contributed by atoms with Crippen molar-refractivity contribution in [2.75, 3.05) is 27.8 Å². The molecule has 13 heteroatoms. The van der Waals surface area contributed by atoms with Crippen LogP contribution in [0, 0.1) is 17.8 Å². The van der Waals surface area contributed by atoms with E-state index in [1.54, 1.807) is 53.1 Å². The molecule has 53 heavy (non-hydrogen) atoms. The summed E-state index contributed by atoms with van der Waals surface area (Å²) in [6, 6.07) is 8.07. The Kier molecular flexibility index (Phi) is 16.7. The average molecular weight is 758 g/mol. The second kappa shape index (κ2) is 20.2. The number of aromatic nitrogens is 1. The number of ether oxygens (including phenoxy) is 3. The third-order valence-electron chi connectivity index (χ3n) is 10.2. The maximum atomic E-state index is 14.2. The molecular weight excluding hydrogens is 695 g/mol. The van der Waals surface area contributed by atoms with Crippen molar-refractivity contribution in [1.82, 2.24) is 25.4 Å². The van der Waals surface area contributed by atoms with Gasteiger partial charge in [-0.2, -0.15) is 0 Å². The summed E-state index contributed by atoms with van der Waals surface area (Å²) < 4.78 is 17.5. The number of nitrogens with zero attached hydrogens (tertiary/aromatic N) is 3. The Labute approximate surface area is 320 Å². The summed E-state index contributed by atoms with van der Waals surface area (Å²) in [5.74, 6) is -1.38. The van der Waals surface area contributed by atoms with Crippen LogP contribution in [0.5, 0.6) is 0 Å². The van der Waals surface area contributed by atoms with Gasteiger partial charge in [0.25, 0.3) is 0 Å². The molecule has 8 atom stereocenters. The van der Waals surface area contributed by atoms with Gasteiger partial charge in [-0.1, -0.05) is 71.4 Å². The molecule has 0 bridgehead atoms. The molecule has 0 radical (unpaired) electrons. The number of carbonyl (C=O) groups is 4. The van der Waals surface area contributed by atoms with Gasteiger partial charge in [0.05, 0.1) is 42.7 Å². The number of amides is 4. The zero-order valence-electron chi connectivity index (χ0n) is 33.6. The van der Waals surface area contributed by atoms with Crippen LogP contribution in [0.1, 0.15) is 97.7 Å². The van der Waals surface area contributed by atoms with Gasteiger partial charge in [0.1, 0.15) is 16.7 Å². The SMILES string of the molecule is CCC(C)C(C(CC(=O)N1CCCC1C(OC)C(C)C(=O)NC(Cc1ccccc1)c1nccs1)OC)N(C)C(=O)C(NC(=O)OC(C)(C)C)C(C)C. The summed E-state index contributed by atoms with van der Waals surface area (Å²) in [7, 11) is 4.86. The molecule has 1 aliphatic heterocycles. The molecule has 12 nitrogen and oxygen atoms in total.